The molecule has 64 valence electrons. The van der Waals surface area contributed by atoms with Gasteiger partial charge in [-0.3, -0.25) is 0 Å². The maximum absolute atomic E-state index is 5.30. The van der Waals surface area contributed by atoms with Gasteiger partial charge in [-0.05, 0) is 19.8 Å². The van der Waals surface area contributed by atoms with E-state index in [1.807, 2.05) is 0 Å². The van der Waals surface area contributed by atoms with Gasteiger partial charge in [0.2, 0.25) is 0 Å². The molecular formula is C8H14INO. The molecule has 0 radical (unpaired) electrons. The summed E-state index contributed by atoms with van der Waals surface area (Å²) < 4.78 is 7.74. The quantitative estimate of drug-likeness (QED) is 0.490. The van der Waals surface area contributed by atoms with Crippen molar-refractivity contribution in [2.75, 3.05) is 19.8 Å². The lowest BCUT2D eigenvalue weighted by molar-refractivity contribution is -0.153. The molecule has 11 heavy (non-hydrogen) atoms. The molecule has 2 nitrogen and oxygen atoms in total. The summed E-state index contributed by atoms with van der Waals surface area (Å²) in [6.45, 7) is 5.57. The highest BCUT2D eigenvalue weighted by molar-refractivity contribution is 14.1. The average molecular weight is 267 g/mol. The van der Waals surface area contributed by atoms with Crippen molar-refractivity contribution in [1.82, 2.24) is 3.11 Å². The Morgan fingerprint density at radius 3 is 2.73 bits per heavy atom. The van der Waals surface area contributed by atoms with Gasteiger partial charge in [0.05, 0.1) is 13.2 Å². The molecule has 0 aromatic carbocycles. The molecule has 0 saturated carbocycles. The predicted molar refractivity (Wildman–Crippen MR) is 52.7 cm³/mol. The van der Waals surface area contributed by atoms with Crippen LogP contribution in [-0.4, -0.2) is 28.9 Å². The minimum Gasteiger partial charge on any atom is -0.380 e. The summed E-state index contributed by atoms with van der Waals surface area (Å²) in [5, 5.41) is 0. The smallest absolute Gasteiger partial charge is 0.0560 e. The molecule has 2 fully saturated rings. The van der Waals surface area contributed by atoms with Crippen LogP contribution in [0.15, 0.2) is 0 Å². The summed E-state index contributed by atoms with van der Waals surface area (Å²) in [5.41, 5.74) is 0.527. The van der Waals surface area contributed by atoms with Crippen LogP contribution in [0.2, 0.25) is 0 Å². The molecule has 0 aliphatic carbocycles. The van der Waals surface area contributed by atoms with Gasteiger partial charge in [-0.2, -0.15) is 0 Å². The third-order valence-electron chi connectivity index (χ3n) is 3.13. The normalized spacial score (nSPS) is 37.1. The van der Waals surface area contributed by atoms with Gasteiger partial charge < -0.3 is 4.74 Å². The molecule has 0 amide bonds. The third kappa shape index (κ3) is 1.21. The van der Waals surface area contributed by atoms with Gasteiger partial charge in [0.15, 0.2) is 0 Å². The van der Waals surface area contributed by atoms with Crippen LogP contribution in [0, 0.1) is 5.41 Å². The Labute approximate surface area is 81.8 Å². The number of rotatable bonds is 0. The first-order valence-corrected chi connectivity index (χ1v) is 5.21. The van der Waals surface area contributed by atoms with Crippen molar-refractivity contribution in [3.8, 4) is 0 Å². The number of halogens is 1. The van der Waals surface area contributed by atoms with E-state index in [-0.39, 0.29) is 0 Å². The molecule has 2 heterocycles. The van der Waals surface area contributed by atoms with Crippen LogP contribution in [0.3, 0.4) is 0 Å². The van der Waals surface area contributed by atoms with E-state index in [9.17, 15) is 0 Å². The van der Waals surface area contributed by atoms with Crippen LogP contribution in [-0.2, 0) is 4.74 Å². The highest BCUT2D eigenvalue weighted by Crippen LogP contribution is 2.42. The SMILES string of the molecule is CC1N(I)CCCC12COC2. The Hall–Kier alpha value is 0.650. The van der Waals surface area contributed by atoms with Crippen molar-refractivity contribution in [1.29, 1.82) is 0 Å². The summed E-state index contributed by atoms with van der Waals surface area (Å²) >= 11 is 2.44. The summed E-state index contributed by atoms with van der Waals surface area (Å²) in [7, 11) is 0. The van der Waals surface area contributed by atoms with Crippen molar-refractivity contribution in [3.63, 3.8) is 0 Å². The van der Waals surface area contributed by atoms with E-state index in [1.165, 1.54) is 19.4 Å². The van der Waals surface area contributed by atoms with Crippen LogP contribution in [0.1, 0.15) is 19.8 Å². The molecule has 1 atom stereocenters. The molecule has 0 aromatic heterocycles. The molecule has 0 N–H and O–H groups in total. The lowest BCUT2D eigenvalue weighted by atomic mass is 9.73. The Morgan fingerprint density at radius 1 is 1.55 bits per heavy atom. The maximum Gasteiger partial charge on any atom is 0.0560 e. The van der Waals surface area contributed by atoms with Gasteiger partial charge >= 0.3 is 0 Å². The molecule has 1 spiro atoms. The highest BCUT2D eigenvalue weighted by Gasteiger charge is 2.47. The molecule has 3 heteroatoms. The summed E-state index contributed by atoms with van der Waals surface area (Å²) in [5.74, 6) is 0. The highest BCUT2D eigenvalue weighted by atomic mass is 127. The minimum atomic E-state index is 0.527. The summed E-state index contributed by atoms with van der Waals surface area (Å²) in [6.07, 6.45) is 2.71. The van der Waals surface area contributed by atoms with Crippen molar-refractivity contribution in [2.45, 2.75) is 25.8 Å². The Bertz CT molecular complexity index is 158. The second-order valence-corrected chi connectivity index (χ2v) is 5.00. The van der Waals surface area contributed by atoms with Gasteiger partial charge in [0.1, 0.15) is 0 Å². The van der Waals surface area contributed by atoms with Crippen molar-refractivity contribution in [3.05, 3.63) is 0 Å². The molecule has 2 aliphatic rings. The Balaban J connectivity index is 2.07. The summed E-state index contributed by atoms with van der Waals surface area (Å²) in [6, 6.07) is 0.714. The fourth-order valence-electron chi connectivity index (χ4n) is 2.03. The fraction of sp³-hybridized carbons (Fsp3) is 1.00. The Morgan fingerprint density at radius 2 is 2.27 bits per heavy atom. The van der Waals surface area contributed by atoms with E-state index in [2.05, 4.69) is 32.9 Å². The first-order valence-electron chi connectivity index (χ1n) is 4.25. The van der Waals surface area contributed by atoms with Crippen molar-refractivity contribution >= 4 is 22.9 Å². The third-order valence-corrected chi connectivity index (χ3v) is 4.45. The minimum absolute atomic E-state index is 0.527. The van der Waals surface area contributed by atoms with Gasteiger partial charge in [0.25, 0.3) is 0 Å². The number of hydrogen-bond acceptors (Lipinski definition) is 2. The van der Waals surface area contributed by atoms with Gasteiger partial charge in [-0.25, -0.2) is 3.11 Å². The standard InChI is InChI=1S/C8H14INO/c1-7-8(5-11-6-8)3-2-4-10(7)9/h7H,2-6H2,1H3. The van der Waals surface area contributed by atoms with Crippen LogP contribution in [0.25, 0.3) is 0 Å². The van der Waals surface area contributed by atoms with Crippen LogP contribution < -0.4 is 0 Å². The summed E-state index contributed by atoms with van der Waals surface area (Å²) in [4.78, 5) is 0. The molecule has 2 rings (SSSR count). The molecule has 0 aromatic rings. The monoisotopic (exact) mass is 267 g/mol. The molecule has 2 aliphatic heterocycles. The predicted octanol–water partition coefficient (Wildman–Crippen LogP) is 1.84. The zero-order valence-electron chi connectivity index (χ0n) is 6.85. The van der Waals surface area contributed by atoms with Crippen molar-refractivity contribution in [2.24, 2.45) is 5.41 Å². The lowest BCUT2D eigenvalue weighted by Crippen LogP contribution is -2.57. The second kappa shape index (κ2) is 2.85. The Kier molecular flexibility index (Phi) is 2.14. The van der Waals surface area contributed by atoms with E-state index in [0.717, 1.165) is 13.2 Å². The topological polar surface area (TPSA) is 12.5 Å². The lowest BCUT2D eigenvalue weighted by Gasteiger charge is -2.51. The number of piperidine rings is 1. The maximum atomic E-state index is 5.30. The fourth-order valence-corrected chi connectivity index (χ4v) is 2.96. The first-order chi connectivity index (χ1) is 5.25. The molecule has 1 unspecified atom stereocenters. The van der Waals surface area contributed by atoms with Crippen LogP contribution >= 0.6 is 22.9 Å². The van der Waals surface area contributed by atoms with Gasteiger partial charge in [-0.1, -0.05) is 0 Å². The average Bonchev–Trinajstić information content (AvgIpc) is 1.91. The molecule has 2 saturated heterocycles. The largest absolute Gasteiger partial charge is 0.380 e. The zero-order chi connectivity index (χ0) is 7.90. The van der Waals surface area contributed by atoms with E-state index < -0.39 is 0 Å². The number of ether oxygens (including phenoxy) is 1. The van der Waals surface area contributed by atoms with E-state index >= 15 is 0 Å². The van der Waals surface area contributed by atoms with Gasteiger partial charge in [-0.15, -0.1) is 0 Å². The van der Waals surface area contributed by atoms with E-state index in [4.69, 9.17) is 4.74 Å². The second-order valence-electron chi connectivity index (χ2n) is 3.76. The van der Waals surface area contributed by atoms with Crippen LogP contribution in [0.5, 0.6) is 0 Å². The van der Waals surface area contributed by atoms with E-state index in [0.29, 0.717) is 11.5 Å². The number of hydrogen-bond donors (Lipinski definition) is 0. The first kappa shape index (κ1) is 8.26. The van der Waals surface area contributed by atoms with Gasteiger partial charge in [0, 0.05) is 40.9 Å². The van der Waals surface area contributed by atoms with Crippen LogP contribution in [0.4, 0.5) is 0 Å². The van der Waals surface area contributed by atoms with Crippen molar-refractivity contribution < 1.29 is 4.74 Å². The molecule has 0 bridgehead atoms. The molecular weight excluding hydrogens is 253 g/mol. The van der Waals surface area contributed by atoms with E-state index in [1.54, 1.807) is 0 Å². The zero-order valence-corrected chi connectivity index (χ0v) is 9.00. The number of nitrogens with zero attached hydrogens (tertiary/aromatic N) is 1.